The average Bonchev–Trinajstić information content (AvgIpc) is 2.47. The van der Waals surface area contributed by atoms with Gasteiger partial charge in [0.1, 0.15) is 0 Å². The molecule has 0 N–H and O–H groups in total. The fraction of sp³-hybridized carbons (Fsp3) is 0.125. The molecular weight excluding hydrogens is 173 g/mol. The predicted molar refractivity (Wildman–Crippen MR) is 55.5 cm³/mol. The summed E-state index contributed by atoms with van der Waals surface area (Å²) < 4.78 is 0. The maximum Gasteiger partial charge on any atom is 0.0812 e. The normalized spacial score (nSPS) is 11.7. The van der Waals surface area contributed by atoms with E-state index in [4.69, 9.17) is 0 Å². The van der Waals surface area contributed by atoms with Crippen LogP contribution in [0.25, 0.3) is 12.2 Å². The summed E-state index contributed by atoms with van der Waals surface area (Å²) in [6, 6.07) is 0. The Kier molecular flexibility index (Phi) is 3.47. The van der Waals surface area contributed by atoms with Crippen LogP contribution in [0, 0.1) is 0 Å². The topological polar surface area (TPSA) is 12.9 Å². The van der Waals surface area contributed by atoms with Gasteiger partial charge in [0.2, 0.25) is 0 Å². The second-order valence-electron chi connectivity index (χ2n) is 1.93. The van der Waals surface area contributed by atoms with Crippen LogP contribution in [0.5, 0.6) is 0 Å². The molecule has 0 saturated heterocycles. The third-order valence-electron chi connectivity index (χ3n) is 1.22. The van der Waals surface area contributed by atoms with E-state index in [0.29, 0.717) is 0 Å². The van der Waals surface area contributed by atoms with Crippen LogP contribution >= 0.6 is 19.9 Å². The number of rotatable bonds is 3. The molecule has 1 heterocycles. The van der Waals surface area contributed by atoms with Gasteiger partial charge in [-0.2, -0.15) is 0 Å². The van der Waals surface area contributed by atoms with E-state index in [1.54, 1.807) is 11.3 Å². The summed E-state index contributed by atoms with van der Waals surface area (Å²) in [6.45, 7) is 5.85. The van der Waals surface area contributed by atoms with E-state index in [9.17, 15) is 0 Å². The zero-order chi connectivity index (χ0) is 8.10. The molecule has 1 rings (SSSR count). The highest BCUT2D eigenvalue weighted by Gasteiger charge is 1.95. The van der Waals surface area contributed by atoms with E-state index in [1.165, 1.54) is 0 Å². The van der Waals surface area contributed by atoms with E-state index in [-0.39, 0.29) is 0 Å². The summed E-state index contributed by atoms with van der Waals surface area (Å²) in [7, 11) is 0.843. The quantitative estimate of drug-likeness (QED) is 0.656. The Bertz CT molecular complexity index is 265. The molecule has 0 aliphatic rings. The van der Waals surface area contributed by atoms with Crippen molar-refractivity contribution < 1.29 is 0 Å². The van der Waals surface area contributed by atoms with Gasteiger partial charge < -0.3 is 0 Å². The Balaban J connectivity index is 2.84. The number of hydrogen-bond acceptors (Lipinski definition) is 2. The van der Waals surface area contributed by atoms with Gasteiger partial charge in [-0.15, -0.1) is 19.9 Å². The lowest BCUT2D eigenvalue weighted by Crippen LogP contribution is -1.71. The van der Waals surface area contributed by atoms with Crippen LogP contribution in [0.1, 0.15) is 10.6 Å². The molecule has 0 radical (unpaired) electrons. The molecule has 0 saturated carbocycles. The first kappa shape index (κ1) is 8.63. The SMILES string of the molecule is C=Cc1scnc1/C=C\PC. The predicted octanol–water partition coefficient (Wildman–Crippen LogP) is 3.07. The van der Waals surface area contributed by atoms with Crippen molar-refractivity contribution in [3.63, 3.8) is 0 Å². The van der Waals surface area contributed by atoms with E-state index in [2.05, 4.69) is 24.0 Å². The molecule has 3 heteroatoms. The lowest BCUT2D eigenvalue weighted by atomic mass is 10.3. The molecule has 1 nitrogen and oxygen atoms in total. The van der Waals surface area contributed by atoms with Crippen molar-refractivity contribution >= 4 is 32.1 Å². The average molecular weight is 183 g/mol. The van der Waals surface area contributed by atoms with Crippen molar-refractivity contribution in [1.82, 2.24) is 4.98 Å². The lowest BCUT2D eigenvalue weighted by molar-refractivity contribution is 1.38. The van der Waals surface area contributed by atoms with Gasteiger partial charge in [-0.1, -0.05) is 12.4 Å². The van der Waals surface area contributed by atoms with Gasteiger partial charge in [-0.3, -0.25) is 0 Å². The van der Waals surface area contributed by atoms with Crippen molar-refractivity contribution in [2.24, 2.45) is 0 Å². The van der Waals surface area contributed by atoms with Crippen LogP contribution < -0.4 is 0 Å². The highest BCUT2D eigenvalue weighted by molar-refractivity contribution is 7.40. The number of thiazole rings is 1. The van der Waals surface area contributed by atoms with Gasteiger partial charge in [0.25, 0.3) is 0 Å². The van der Waals surface area contributed by atoms with Gasteiger partial charge in [0.05, 0.1) is 16.1 Å². The standard InChI is InChI=1S/C8H10NPS/c1-3-8-7(4-5-10-2)9-6-11-8/h3-6,10H,1H2,2H3/b5-4-. The molecule has 1 unspecified atom stereocenters. The van der Waals surface area contributed by atoms with Crippen molar-refractivity contribution in [3.05, 3.63) is 28.5 Å². The van der Waals surface area contributed by atoms with Crippen LogP contribution in [-0.2, 0) is 0 Å². The molecule has 58 valence electrons. The highest BCUT2D eigenvalue weighted by atomic mass is 32.1. The summed E-state index contributed by atoms with van der Waals surface area (Å²) in [5.41, 5.74) is 2.88. The molecule has 0 aliphatic heterocycles. The first-order valence-corrected chi connectivity index (χ1v) is 5.74. The third kappa shape index (κ3) is 2.25. The fourth-order valence-corrected chi connectivity index (χ4v) is 1.65. The minimum absolute atomic E-state index is 0.843. The maximum atomic E-state index is 4.19. The van der Waals surface area contributed by atoms with Gasteiger partial charge >= 0.3 is 0 Å². The van der Waals surface area contributed by atoms with E-state index in [0.717, 1.165) is 19.2 Å². The van der Waals surface area contributed by atoms with Crippen LogP contribution in [-0.4, -0.2) is 11.6 Å². The zero-order valence-corrected chi connectivity index (χ0v) is 8.19. The molecule has 1 aromatic rings. The van der Waals surface area contributed by atoms with Gasteiger partial charge in [-0.05, 0) is 18.8 Å². The lowest BCUT2D eigenvalue weighted by Gasteiger charge is -1.86. The summed E-state index contributed by atoms with van der Waals surface area (Å²) in [6.07, 6.45) is 3.89. The van der Waals surface area contributed by atoms with Crippen LogP contribution in [0.15, 0.2) is 17.9 Å². The molecule has 1 aromatic heterocycles. The fourth-order valence-electron chi connectivity index (χ4n) is 0.704. The van der Waals surface area contributed by atoms with Gasteiger partial charge in [-0.25, -0.2) is 4.98 Å². The first-order valence-electron chi connectivity index (χ1n) is 3.28. The largest absolute Gasteiger partial charge is 0.245 e. The van der Waals surface area contributed by atoms with Gasteiger partial charge in [0.15, 0.2) is 0 Å². The monoisotopic (exact) mass is 183 g/mol. The second-order valence-corrected chi connectivity index (χ2v) is 3.73. The van der Waals surface area contributed by atoms with Crippen LogP contribution in [0.3, 0.4) is 0 Å². The Labute approximate surface area is 72.7 Å². The molecule has 0 aliphatic carbocycles. The van der Waals surface area contributed by atoms with Crippen molar-refractivity contribution in [2.45, 2.75) is 0 Å². The minimum Gasteiger partial charge on any atom is -0.245 e. The van der Waals surface area contributed by atoms with Crippen LogP contribution in [0.4, 0.5) is 0 Å². The number of hydrogen-bond donors (Lipinski definition) is 0. The highest BCUT2D eigenvalue weighted by Crippen LogP contribution is 2.17. The molecule has 0 bridgehead atoms. The molecule has 0 amide bonds. The van der Waals surface area contributed by atoms with Gasteiger partial charge in [0, 0.05) is 0 Å². The molecule has 11 heavy (non-hydrogen) atoms. The summed E-state index contributed by atoms with van der Waals surface area (Å²) >= 11 is 1.62. The Morgan fingerprint density at radius 1 is 1.73 bits per heavy atom. The Morgan fingerprint density at radius 2 is 2.55 bits per heavy atom. The molecule has 1 atom stereocenters. The summed E-state index contributed by atoms with van der Waals surface area (Å²) in [5.74, 6) is 2.13. The van der Waals surface area contributed by atoms with Crippen molar-refractivity contribution in [2.75, 3.05) is 6.66 Å². The zero-order valence-electron chi connectivity index (χ0n) is 6.37. The number of aromatic nitrogens is 1. The first-order chi connectivity index (χ1) is 5.38. The van der Waals surface area contributed by atoms with Crippen molar-refractivity contribution in [1.29, 1.82) is 0 Å². The molecule has 0 aromatic carbocycles. The summed E-state index contributed by atoms with van der Waals surface area (Å²) in [5, 5.41) is 0. The van der Waals surface area contributed by atoms with Crippen molar-refractivity contribution in [3.8, 4) is 0 Å². The van der Waals surface area contributed by atoms with E-state index in [1.807, 2.05) is 17.7 Å². The second kappa shape index (κ2) is 4.42. The number of nitrogens with zero attached hydrogens (tertiary/aromatic N) is 1. The minimum atomic E-state index is 0.843. The van der Waals surface area contributed by atoms with Crippen LogP contribution in [0.2, 0.25) is 0 Å². The Hall–Kier alpha value is -0.460. The van der Waals surface area contributed by atoms with E-state index < -0.39 is 0 Å². The maximum absolute atomic E-state index is 4.19. The summed E-state index contributed by atoms with van der Waals surface area (Å²) in [4.78, 5) is 5.34. The molecular formula is C8H10NPS. The van der Waals surface area contributed by atoms with E-state index >= 15 is 0 Å². The smallest absolute Gasteiger partial charge is 0.0812 e. The Morgan fingerprint density at radius 3 is 3.18 bits per heavy atom. The third-order valence-corrected chi connectivity index (χ3v) is 2.56. The molecule has 0 spiro atoms. The molecule has 0 fully saturated rings.